The molecule has 0 atom stereocenters. The van der Waals surface area contributed by atoms with E-state index in [2.05, 4.69) is 4.98 Å². The summed E-state index contributed by atoms with van der Waals surface area (Å²) in [5.74, 6) is 0.631. The van der Waals surface area contributed by atoms with Crippen LogP contribution >= 0.6 is 11.6 Å². The minimum absolute atomic E-state index is 0.129. The molecule has 0 aliphatic carbocycles. The molecule has 0 aliphatic rings. The maximum Gasteiger partial charge on any atom is 0.264 e. The van der Waals surface area contributed by atoms with Gasteiger partial charge in [-0.3, -0.25) is 9.17 Å². The maximum absolute atomic E-state index is 11.2. The summed E-state index contributed by atoms with van der Waals surface area (Å²) >= 11 is 6.07. The summed E-state index contributed by atoms with van der Waals surface area (Å²) in [6, 6.07) is 8.90. The summed E-state index contributed by atoms with van der Waals surface area (Å²) in [6.07, 6.45) is 4.36. The molecule has 0 bridgehead atoms. The van der Waals surface area contributed by atoms with Gasteiger partial charge in [0.1, 0.15) is 11.3 Å². The van der Waals surface area contributed by atoms with Gasteiger partial charge in [-0.15, -0.1) is 0 Å². The highest BCUT2D eigenvalue weighted by Gasteiger charge is 2.13. The Morgan fingerprint density at radius 1 is 1.32 bits per heavy atom. The summed E-state index contributed by atoms with van der Waals surface area (Å²) in [5, 5.41) is 1.26. The van der Waals surface area contributed by atoms with Gasteiger partial charge in [0.2, 0.25) is 0 Å². The molecule has 0 saturated heterocycles. The van der Waals surface area contributed by atoms with Crippen LogP contribution in [0, 0.1) is 0 Å². The number of halogens is 1. The van der Waals surface area contributed by atoms with Gasteiger partial charge in [0.15, 0.2) is 0 Å². The first-order chi connectivity index (χ1) is 10.4. The highest BCUT2D eigenvalue weighted by Crippen LogP contribution is 2.32. The van der Waals surface area contributed by atoms with Gasteiger partial charge >= 0.3 is 0 Å². The van der Waals surface area contributed by atoms with Crippen molar-refractivity contribution in [2.45, 2.75) is 6.61 Å². The zero-order chi connectivity index (χ0) is 15.7. The molecule has 3 rings (SSSR count). The lowest BCUT2D eigenvalue weighted by molar-refractivity contribution is 0.311. The van der Waals surface area contributed by atoms with Crippen molar-refractivity contribution in [1.82, 2.24) is 4.98 Å². The molecule has 0 radical (unpaired) electrons. The van der Waals surface area contributed by atoms with Crippen LogP contribution < -0.4 is 0 Å². The summed E-state index contributed by atoms with van der Waals surface area (Å²) in [7, 11) is -3.54. The second-order valence-corrected chi connectivity index (χ2v) is 6.88. The molecule has 2 aromatic heterocycles. The van der Waals surface area contributed by atoms with Crippen molar-refractivity contribution in [2.24, 2.45) is 0 Å². The van der Waals surface area contributed by atoms with E-state index >= 15 is 0 Å². The molecule has 0 aliphatic heterocycles. The fraction of sp³-hybridized carbons (Fsp3) is 0.133. The van der Waals surface area contributed by atoms with E-state index in [0.717, 1.165) is 17.2 Å². The quantitative estimate of drug-likeness (QED) is 0.680. The molecular weight excluding hydrogens is 326 g/mol. The Morgan fingerprint density at radius 3 is 2.82 bits per heavy atom. The van der Waals surface area contributed by atoms with Crippen molar-refractivity contribution in [3.8, 4) is 11.3 Å². The third-order valence-electron chi connectivity index (χ3n) is 3.03. The normalized spacial score (nSPS) is 11.9. The number of benzene rings is 1. The average Bonchev–Trinajstić information content (AvgIpc) is 2.88. The van der Waals surface area contributed by atoms with E-state index in [1.807, 2.05) is 18.2 Å². The molecule has 0 fully saturated rings. The number of hydrogen-bond acceptors (Lipinski definition) is 5. The summed E-state index contributed by atoms with van der Waals surface area (Å²) in [6.45, 7) is -0.129. The second kappa shape index (κ2) is 5.72. The zero-order valence-corrected chi connectivity index (χ0v) is 13.2. The monoisotopic (exact) mass is 337 g/mol. The summed E-state index contributed by atoms with van der Waals surface area (Å²) in [4.78, 5) is 4.05. The number of aromatic nitrogens is 1. The van der Waals surface area contributed by atoms with Gasteiger partial charge in [0.25, 0.3) is 10.1 Å². The molecule has 5 nitrogen and oxygen atoms in total. The maximum atomic E-state index is 11.2. The second-order valence-electron chi connectivity index (χ2n) is 4.80. The Labute approximate surface area is 132 Å². The van der Waals surface area contributed by atoms with Crippen molar-refractivity contribution in [3.05, 3.63) is 53.3 Å². The van der Waals surface area contributed by atoms with E-state index in [9.17, 15) is 8.42 Å². The van der Waals surface area contributed by atoms with Gasteiger partial charge in [0, 0.05) is 33.9 Å². The van der Waals surface area contributed by atoms with E-state index in [-0.39, 0.29) is 6.61 Å². The van der Waals surface area contributed by atoms with Crippen LogP contribution in [0.5, 0.6) is 0 Å². The molecular formula is C15H12ClNO4S. The predicted molar refractivity (Wildman–Crippen MR) is 84.1 cm³/mol. The lowest BCUT2D eigenvalue weighted by atomic mass is 10.1. The van der Waals surface area contributed by atoms with Gasteiger partial charge < -0.3 is 4.42 Å². The first-order valence-electron chi connectivity index (χ1n) is 6.39. The molecule has 0 amide bonds. The third-order valence-corrected chi connectivity index (χ3v) is 3.80. The first kappa shape index (κ1) is 15.0. The number of hydrogen-bond donors (Lipinski definition) is 0. The van der Waals surface area contributed by atoms with E-state index in [4.69, 9.17) is 20.2 Å². The highest BCUT2D eigenvalue weighted by molar-refractivity contribution is 7.85. The van der Waals surface area contributed by atoms with Gasteiger partial charge in [-0.25, -0.2) is 0 Å². The molecule has 3 aromatic rings. The lowest BCUT2D eigenvalue weighted by Crippen LogP contribution is -2.02. The molecule has 1 aromatic carbocycles. The molecule has 22 heavy (non-hydrogen) atoms. The van der Waals surface area contributed by atoms with Crippen molar-refractivity contribution < 1.29 is 17.0 Å². The first-order valence-corrected chi connectivity index (χ1v) is 8.58. The Balaban J connectivity index is 2.07. The SMILES string of the molecule is CS(=O)(=O)OCc1cc(Cl)cc2cc(-c3cccnc3)oc12. The molecule has 0 N–H and O–H groups in total. The van der Waals surface area contributed by atoms with Crippen molar-refractivity contribution in [1.29, 1.82) is 0 Å². The van der Waals surface area contributed by atoms with E-state index in [1.54, 1.807) is 24.5 Å². The standard InChI is InChI=1S/C15H12ClNO4S/c1-22(18,19)20-9-12-6-13(16)5-11-7-14(21-15(11)12)10-3-2-4-17-8-10/h2-8H,9H2,1H3. The number of nitrogens with zero attached hydrogens (tertiary/aromatic N) is 1. The van der Waals surface area contributed by atoms with Crippen LogP contribution in [0.25, 0.3) is 22.3 Å². The Kier molecular flexibility index (Phi) is 3.90. The lowest BCUT2D eigenvalue weighted by Gasteiger charge is -2.03. The average molecular weight is 338 g/mol. The van der Waals surface area contributed by atoms with Crippen LogP contribution in [-0.2, 0) is 20.9 Å². The molecule has 7 heteroatoms. The van der Waals surface area contributed by atoms with E-state index < -0.39 is 10.1 Å². The minimum Gasteiger partial charge on any atom is -0.456 e. The molecule has 0 saturated carbocycles. The van der Waals surface area contributed by atoms with Crippen molar-refractivity contribution >= 4 is 32.7 Å². The molecule has 114 valence electrons. The van der Waals surface area contributed by atoms with Crippen molar-refractivity contribution in [2.75, 3.05) is 6.26 Å². The largest absolute Gasteiger partial charge is 0.456 e. The smallest absolute Gasteiger partial charge is 0.264 e. The number of pyridine rings is 1. The number of furan rings is 1. The summed E-state index contributed by atoms with van der Waals surface area (Å²) in [5.41, 5.74) is 1.94. The fourth-order valence-electron chi connectivity index (χ4n) is 2.11. The molecule has 2 heterocycles. The van der Waals surface area contributed by atoms with Gasteiger partial charge in [0.05, 0.1) is 12.9 Å². The van der Waals surface area contributed by atoms with Crippen LogP contribution in [-0.4, -0.2) is 19.7 Å². The van der Waals surface area contributed by atoms with Crippen LogP contribution in [0.3, 0.4) is 0 Å². The van der Waals surface area contributed by atoms with Crippen LogP contribution in [0.4, 0.5) is 0 Å². The van der Waals surface area contributed by atoms with E-state index in [1.165, 1.54) is 0 Å². The number of fused-ring (bicyclic) bond motifs is 1. The van der Waals surface area contributed by atoms with Gasteiger partial charge in [-0.05, 0) is 30.3 Å². The third kappa shape index (κ3) is 3.30. The topological polar surface area (TPSA) is 69.4 Å². The van der Waals surface area contributed by atoms with Crippen LogP contribution in [0.1, 0.15) is 5.56 Å². The highest BCUT2D eigenvalue weighted by atomic mass is 35.5. The van der Waals surface area contributed by atoms with Crippen LogP contribution in [0.2, 0.25) is 5.02 Å². The Hall–Kier alpha value is -1.89. The molecule has 0 spiro atoms. The minimum atomic E-state index is -3.54. The predicted octanol–water partition coefficient (Wildman–Crippen LogP) is 3.62. The molecule has 0 unspecified atom stereocenters. The van der Waals surface area contributed by atoms with Crippen LogP contribution in [0.15, 0.2) is 47.1 Å². The van der Waals surface area contributed by atoms with Crippen molar-refractivity contribution in [3.63, 3.8) is 0 Å². The fourth-order valence-corrected chi connectivity index (χ4v) is 2.70. The van der Waals surface area contributed by atoms with Gasteiger partial charge in [-0.1, -0.05) is 11.6 Å². The Bertz CT molecular complexity index is 919. The van der Waals surface area contributed by atoms with Gasteiger partial charge in [-0.2, -0.15) is 8.42 Å². The zero-order valence-electron chi connectivity index (χ0n) is 11.6. The number of rotatable bonds is 4. The van der Waals surface area contributed by atoms with E-state index in [0.29, 0.717) is 21.9 Å². The Morgan fingerprint density at radius 2 is 2.14 bits per heavy atom. The summed E-state index contributed by atoms with van der Waals surface area (Å²) < 4.78 is 33.0.